The number of hydrogen-bond acceptors (Lipinski definition) is 4. The van der Waals surface area contributed by atoms with E-state index in [1.54, 1.807) is 26.1 Å². The normalized spacial score (nSPS) is 15.2. The zero-order valence-electron chi connectivity index (χ0n) is 15.4. The van der Waals surface area contributed by atoms with Gasteiger partial charge < -0.3 is 9.32 Å². The van der Waals surface area contributed by atoms with Gasteiger partial charge in [0.05, 0.1) is 18.0 Å². The van der Waals surface area contributed by atoms with E-state index in [1.807, 2.05) is 30.3 Å². The Morgan fingerprint density at radius 2 is 1.89 bits per heavy atom. The van der Waals surface area contributed by atoms with Gasteiger partial charge in [0, 0.05) is 13.1 Å². The van der Waals surface area contributed by atoms with Gasteiger partial charge in [0.25, 0.3) is 5.91 Å². The zero-order valence-corrected chi connectivity index (χ0v) is 15.4. The minimum absolute atomic E-state index is 0.0185. The molecule has 2 heterocycles. The van der Waals surface area contributed by atoms with Crippen molar-refractivity contribution in [1.29, 1.82) is 0 Å². The molecule has 0 saturated carbocycles. The Morgan fingerprint density at radius 1 is 1.15 bits per heavy atom. The van der Waals surface area contributed by atoms with E-state index < -0.39 is 17.9 Å². The Morgan fingerprint density at radius 3 is 2.56 bits per heavy atom. The molecule has 7 nitrogen and oxygen atoms in total. The van der Waals surface area contributed by atoms with Crippen LogP contribution < -0.4 is 10.9 Å². The fourth-order valence-electron chi connectivity index (χ4n) is 3.19. The number of furan rings is 1. The summed E-state index contributed by atoms with van der Waals surface area (Å²) in [7, 11) is 0. The van der Waals surface area contributed by atoms with E-state index in [-0.39, 0.29) is 12.3 Å². The van der Waals surface area contributed by atoms with Gasteiger partial charge in [-0.15, -0.1) is 0 Å². The molecule has 3 rings (SSSR count). The first kappa shape index (κ1) is 18.4. The average Bonchev–Trinajstić information content (AvgIpc) is 2.98. The van der Waals surface area contributed by atoms with Gasteiger partial charge >= 0.3 is 0 Å². The van der Waals surface area contributed by atoms with E-state index >= 15 is 0 Å². The molecular formula is C20H21N3O4. The molecule has 0 saturated heterocycles. The standard InChI is InChI=1S/C20H21N3O4/c1-12-10-17(13(2)27-12)20(26)22-21-19(25)11-18-16-7-5-4-6-15(16)8-9-23(18)14(3)24/h4-10,18H,11H2,1-3H3,(H,21,25)(H,22,26). The van der Waals surface area contributed by atoms with Gasteiger partial charge in [0.15, 0.2) is 0 Å². The van der Waals surface area contributed by atoms with Crippen LogP contribution in [-0.2, 0) is 9.59 Å². The molecule has 27 heavy (non-hydrogen) atoms. The number of amides is 3. The number of nitrogens with one attached hydrogen (secondary N) is 2. The maximum absolute atomic E-state index is 12.4. The van der Waals surface area contributed by atoms with Crippen LogP contribution in [0.4, 0.5) is 0 Å². The van der Waals surface area contributed by atoms with Crippen LogP contribution in [0.3, 0.4) is 0 Å². The number of aryl methyl sites for hydroxylation is 2. The fraction of sp³-hybridized carbons (Fsp3) is 0.250. The quantitative estimate of drug-likeness (QED) is 0.816. The van der Waals surface area contributed by atoms with E-state index in [1.165, 1.54) is 11.8 Å². The van der Waals surface area contributed by atoms with Crippen molar-refractivity contribution in [2.45, 2.75) is 33.2 Å². The van der Waals surface area contributed by atoms with Crippen molar-refractivity contribution in [3.8, 4) is 0 Å². The predicted molar refractivity (Wildman–Crippen MR) is 99.1 cm³/mol. The van der Waals surface area contributed by atoms with Crippen molar-refractivity contribution in [3.05, 3.63) is 64.7 Å². The number of carbonyl (C=O) groups is 3. The Bertz CT molecular complexity index is 929. The first-order chi connectivity index (χ1) is 12.9. The van der Waals surface area contributed by atoms with Crippen molar-refractivity contribution >= 4 is 23.8 Å². The summed E-state index contributed by atoms with van der Waals surface area (Å²) in [5, 5.41) is 0. The largest absolute Gasteiger partial charge is 0.466 e. The second kappa shape index (κ2) is 7.49. The lowest BCUT2D eigenvalue weighted by Gasteiger charge is -2.32. The summed E-state index contributed by atoms with van der Waals surface area (Å²) in [5.41, 5.74) is 7.01. The second-order valence-electron chi connectivity index (χ2n) is 6.42. The van der Waals surface area contributed by atoms with Crippen LogP contribution in [0.15, 0.2) is 40.9 Å². The summed E-state index contributed by atoms with van der Waals surface area (Å²) in [5.74, 6) is 0.0831. The minimum atomic E-state index is -0.454. The Kier molecular flexibility index (Phi) is 5.12. The van der Waals surface area contributed by atoms with Crippen LogP contribution in [-0.4, -0.2) is 22.6 Å². The van der Waals surface area contributed by atoms with E-state index in [0.29, 0.717) is 17.1 Å². The van der Waals surface area contributed by atoms with Crippen molar-refractivity contribution in [2.24, 2.45) is 0 Å². The Hall–Kier alpha value is -3.35. The van der Waals surface area contributed by atoms with Crippen molar-refractivity contribution in [3.63, 3.8) is 0 Å². The average molecular weight is 367 g/mol. The number of rotatable bonds is 3. The molecule has 3 amide bonds. The molecule has 1 aliphatic heterocycles. The minimum Gasteiger partial charge on any atom is -0.466 e. The summed E-state index contributed by atoms with van der Waals surface area (Å²) in [6.07, 6.45) is 3.54. The number of benzene rings is 1. The molecule has 1 unspecified atom stereocenters. The molecule has 1 aliphatic rings. The molecule has 0 aliphatic carbocycles. The van der Waals surface area contributed by atoms with Crippen LogP contribution in [0.5, 0.6) is 0 Å². The van der Waals surface area contributed by atoms with Crippen molar-refractivity contribution < 1.29 is 18.8 Å². The molecule has 0 radical (unpaired) electrons. The first-order valence-electron chi connectivity index (χ1n) is 8.59. The summed E-state index contributed by atoms with van der Waals surface area (Å²) in [6, 6.07) is 8.77. The zero-order chi connectivity index (χ0) is 19.6. The highest BCUT2D eigenvalue weighted by molar-refractivity contribution is 5.96. The number of fused-ring (bicyclic) bond motifs is 1. The third-order valence-corrected chi connectivity index (χ3v) is 4.45. The maximum atomic E-state index is 12.4. The van der Waals surface area contributed by atoms with Crippen LogP contribution in [0.1, 0.15) is 52.4 Å². The van der Waals surface area contributed by atoms with Crippen LogP contribution in [0.2, 0.25) is 0 Å². The Balaban J connectivity index is 1.68. The Labute approximate surface area is 157 Å². The van der Waals surface area contributed by atoms with E-state index in [0.717, 1.165) is 11.1 Å². The van der Waals surface area contributed by atoms with E-state index in [9.17, 15) is 14.4 Å². The summed E-state index contributed by atoms with van der Waals surface area (Å²) in [6.45, 7) is 4.88. The molecule has 0 spiro atoms. The second-order valence-corrected chi connectivity index (χ2v) is 6.42. The molecule has 2 N–H and O–H groups in total. The third kappa shape index (κ3) is 3.92. The maximum Gasteiger partial charge on any atom is 0.273 e. The molecule has 1 atom stereocenters. The summed E-state index contributed by atoms with van der Waals surface area (Å²) >= 11 is 0. The van der Waals surface area contributed by atoms with Gasteiger partial charge in [0.2, 0.25) is 11.8 Å². The number of nitrogens with zero attached hydrogens (tertiary/aromatic N) is 1. The molecule has 0 bridgehead atoms. The molecular weight excluding hydrogens is 346 g/mol. The predicted octanol–water partition coefficient (Wildman–Crippen LogP) is 2.62. The van der Waals surface area contributed by atoms with E-state index in [2.05, 4.69) is 10.9 Å². The molecule has 0 fully saturated rings. The van der Waals surface area contributed by atoms with Gasteiger partial charge in [-0.2, -0.15) is 0 Å². The van der Waals surface area contributed by atoms with Crippen LogP contribution in [0, 0.1) is 13.8 Å². The lowest BCUT2D eigenvalue weighted by molar-refractivity contribution is -0.130. The van der Waals surface area contributed by atoms with Crippen LogP contribution in [0.25, 0.3) is 6.08 Å². The molecule has 140 valence electrons. The summed E-state index contributed by atoms with van der Waals surface area (Å²) in [4.78, 5) is 38.1. The SMILES string of the molecule is CC(=O)N1C=Cc2ccccc2C1CC(=O)NNC(=O)c1cc(C)oc1C. The number of carbonyl (C=O) groups excluding carboxylic acids is 3. The topological polar surface area (TPSA) is 91.7 Å². The lowest BCUT2D eigenvalue weighted by Crippen LogP contribution is -2.43. The van der Waals surface area contributed by atoms with E-state index in [4.69, 9.17) is 4.42 Å². The van der Waals surface area contributed by atoms with Gasteiger partial charge in [-0.05, 0) is 37.1 Å². The molecule has 1 aromatic heterocycles. The fourth-order valence-corrected chi connectivity index (χ4v) is 3.19. The monoisotopic (exact) mass is 367 g/mol. The van der Waals surface area contributed by atoms with Gasteiger partial charge in [-0.3, -0.25) is 25.2 Å². The van der Waals surface area contributed by atoms with Crippen LogP contribution >= 0.6 is 0 Å². The molecule has 2 aromatic rings. The lowest BCUT2D eigenvalue weighted by atomic mass is 9.93. The molecule has 7 heteroatoms. The highest BCUT2D eigenvalue weighted by Gasteiger charge is 2.28. The number of hydrazine groups is 1. The first-order valence-corrected chi connectivity index (χ1v) is 8.59. The van der Waals surface area contributed by atoms with Crippen molar-refractivity contribution in [1.82, 2.24) is 15.8 Å². The third-order valence-electron chi connectivity index (χ3n) is 4.45. The smallest absolute Gasteiger partial charge is 0.273 e. The van der Waals surface area contributed by atoms with Crippen molar-refractivity contribution in [2.75, 3.05) is 0 Å². The van der Waals surface area contributed by atoms with Gasteiger partial charge in [-0.25, -0.2) is 0 Å². The van der Waals surface area contributed by atoms with Gasteiger partial charge in [0.1, 0.15) is 11.5 Å². The highest BCUT2D eigenvalue weighted by atomic mass is 16.3. The molecule has 1 aromatic carbocycles. The number of hydrogen-bond donors (Lipinski definition) is 2. The van der Waals surface area contributed by atoms with Gasteiger partial charge in [-0.1, -0.05) is 24.3 Å². The highest BCUT2D eigenvalue weighted by Crippen LogP contribution is 2.32. The summed E-state index contributed by atoms with van der Waals surface area (Å²) < 4.78 is 5.32.